The number of rotatable bonds is 6. The maximum Gasteiger partial charge on any atom is 0.416 e. The third-order valence-electron chi connectivity index (χ3n) is 5.21. The summed E-state index contributed by atoms with van der Waals surface area (Å²) in [7, 11) is 0. The number of nitrogens with zero attached hydrogens (tertiary/aromatic N) is 1. The normalized spacial score (nSPS) is 15.1. The van der Waals surface area contributed by atoms with Gasteiger partial charge in [-0.25, -0.2) is 4.79 Å². The van der Waals surface area contributed by atoms with Crippen molar-refractivity contribution in [3.63, 3.8) is 0 Å². The van der Waals surface area contributed by atoms with Crippen molar-refractivity contribution in [2.24, 2.45) is 0 Å². The number of nitrogens with one attached hydrogen (secondary N) is 1. The Balaban J connectivity index is 1.91. The molecule has 1 unspecified atom stereocenters. The van der Waals surface area contributed by atoms with Gasteiger partial charge in [0, 0.05) is 25.1 Å². The molecular weight excluding hydrogens is 413 g/mol. The Morgan fingerprint density at radius 3 is 2.52 bits per heavy atom. The number of carbonyl (C=O) groups excluding carboxylic acids is 2. The minimum Gasteiger partial charge on any atom is -0.478 e. The van der Waals surface area contributed by atoms with Crippen molar-refractivity contribution in [3.05, 3.63) is 70.3 Å². The number of likely N-dealkylation sites (tertiary alicyclic amines) is 1. The smallest absolute Gasteiger partial charge is 0.416 e. The summed E-state index contributed by atoms with van der Waals surface area (Å²) >= 11 is 0. The lowest BCUT2D eigenvalue weighted by Crippen LogP contribution is -2.39. The van der Waals surface area contributed by atoms with Crippen molar-refractivity contribution in [2.45, 2.75) is 32.0 Å². The molecule has 3 rings (SSSR count). The van der Waals surface area contributed by atoms with Crippen LogP contribution in [0.2, 0.25) is 0 Å². The molecule has 164 valence electrons. The highest BCUT2D eigenvalue weighted by molar-refractivity contribution is 5.97. The van der Waals surface area contributed by atoms with Crippen LogP contribution in [0.25, 0.3) is 0 Å². The Morgan fingerprint density at radius 2 is 1.94 bits per heavy atom. The zero-order chi connectivity index (χ0) is 22.8. The molecule has 1 saturated heterocycles. The van der Waals surface area contributed by atoms with Gasteiger partial charge in [0.1, 0.15) is 0 Å². The Morgan fingerprint density at radius 1 is 1.19 bits per heavy atom. The summed E-state index contributed by atoms with van der Waals surface area (Å²) in [6, 6.07) is 7.77. The lowest BCUT2D eigenvalue weighted by atomic mass is 10.0. The maximum atomic E-state index is 13.2. The first-order chi connectivity index (χ1) is 14.6. The number of aryl methyl sites for hydroxylation is 1. The van der Waals surface area contributed by atoms with E-state index < -0.39 is 29.7 Å². The fourth-order valence-corrected chi connectivity index (χ4v) is 3.57. The summed E-state index contributed by atoms with van der Waals surface area (Å²) in [5.41, 5.74) is 0.0139. The maximum absolute atomic E-state index is 13.2. The van der Waals surface area contributed by atoms with E-state index in [1.165, 1.54) is 35.2 Å². The predicted octanol–water partition coefficient (Wildman–Crippen LogP) is 3.81. The molecule has 1 atom stereocenters. The lowest BCUT2D eigenvalue weighted by molar-refractivity contribution is -0.137. The average molecular weight is 434 g/mol. The third-order valence-corrected chi connectivity index (χ3v) is 5.21. The van der Waals surface area contributed by atoms with E-state index in [4.69, 9.17) is 5.11 Å². The minimum absolute atomic E-state index is 0.0196. The van der Waals surface area contributed by atoms with Crippen LogP contribution in [0.1, 0.15) is 56.3 Å². The third kappa shape index (κ3) is 5.22. The Hall–Kier alpha value is -3.36. The summed E-state index contributed by atoms with van der Waals surface area (Å²) in [4.78, 5) is 37.6. The van der Waals surface area contributed by atoms with Gasteiger partial charge in [0.2, 0.25) is 5.91 Å². The van der Waals surface area contributed by atoms with Gasteiger partial charge in [-0.1, -0.05) is 12.1 Å². The zero-order valence-corrected chi connectivity index (χ0v) is 16.7. The molecule has 1 aliphatic rings. The van der Waals surface area contributed by atoms with Crippen LogP contribution in [-0.2, 0) is 11.0 Å². The van der Waals surface area contributed by atoms with Crippen LogP contribution >= 0.6 is 0 Å². The van der Waals surface area contributed by atoms with Crippen molar-refractivity contribution in [2.75, 3.05) is 13.1 Å². The number of carboxylic acids is 1. The fourth-order valence-electron chi connectivity index (χ4n) is 3.57. The molecule has 9 heteroatoms. The van der Waals surface area contributed by atoms with E-state index in [-0.39, 0.29) is 29.1 Å². The van der Waals surface area contributed by atoms with Gasteiger partial charge in [-0.05, 0) is 54.8 Å². The van der Waals surface area contributed by atoms with E-state index in [2.05, 4.69) is 5.32 Å². The molecule has 2 aromatic carbocycles. The molecule has 1 fully saturated rings. The first-order valence-corrected chi connectivity index (χ1v) is 9.66. The zero-order valence-electron chi connectivity index (χ0n) is 16.7. The molecule has 2 amide bonds. The number of hydrogen-bond acceptors (Lipinski definition) is 3. The van der Waals surface area contributed by atoms with Gasteiger partial charge < -0.3 is 15.3 Å². The first-order valence-electron chi connectivity index (χ1n) is 9.66. The molecule has 0 saturated carbocycles. The minimum atomic E-state index is -4.54. The van der Waals surface area contributed by atoms with E-state index in [0.29, 0.717) is 24.9 Å². The molecule has 1 aliphatic heterocycles. The van der Waals surface area contributed by atoms with Crippen molar-refractivity contribution < 1.29 is 32.7 Å². The SMILES string of the molecule is Cc1cc(C(=O)O)ccc1C(=O)NC(CN1CCCC1=O)c1cccc(C(F)(F)F)c1. The molecule has 0 aliphatic carbocycles. The number of amides is 2. The quantitative estimate of drug-likeness (QED) is 0.724. The molecule has 2 N–H and O–H groups in total. The lowest BCUT2D eigenvalue weighted by Gasteiger charge is -2.26. The number of benzene rings is 2. The monoisotopic (exact) mass is 434 g/mol. The van der Waals surface area contributed by atoms with Crippen LogP contribution in [0, 0.1) is 6.92 Å². The second kappa shape index (κ2) is 8.79. The van der Waals surface area contributed by atoms with Crippen LogP contribution < -0.4 is 5.32 Å². The highest BCUT2D eigenvalue weighted by Crippen LogP contribution is 2.31. The number of carboxylic acid groups (broad SMARTS) is 1. The summed E-state index contributed by atoms with van der Waals surface area (Å²) in [5.74, 6) is -1.82. The van der Waals surface area contributed by atoms with Crippen molar-refractivity contribution >= 4 is 17.8 Å². The Labute approximate surface area is 176 Å². The second-order valence-corrected chi connectivity index (χ2v) is 7.43. The number of alkyl halides is 3. The average Bonchev–Trinajstić information content (AvgIpc) is 3.11. The highest BCUT2D eigenvalue weighted by atomic mass is 19.4. The van der Waals surface area contributed by atoms with E-state index in [0.717, 1.165) is 12.1 Å². The Kier molecular flexibility index (Phi) is 6.33. The molecule has 0 spiro atoms. The summed E-state index contributed by atoms with van der Waals surface area (Å²) < 4.78 is 39.5. The van der Waals surface area contributed by atoms with E-state index in [1.54, 1.807) is 6.92 Å². The van der Waals surface area contributed by atoms with E-state index >= 15 is 0 Å². The second-order valence-electron chi connectivity index (χ2n) is 7.43. The summed E-state index contributed by atoms with van der Waals surface area (Å²) in [6.07, 6.45) is -3.53. The summed E-state index contributed by atoms with van der Waals surface area (Å²) in [5, 5.41) is 11.8. The van der Waals surface area contributed by atoms with Gasteiger partial charge in [0.15, 0.2) is 0 Å². The predicted molar refractivity (Wildman–Crippen MR) is 106 cm³/mol. The Bertz CT molecular complexity index is 1020. The van der Waals surface area contributed by atoms with Gasteiger partial charge in [-0.3, -0.25) is 9.59 Å². The van der Waals surface area contributed by atoms with E-state index in [1.807, 2.05) is 0 Å². The number of hydrogen-bond donors (Lipinski definition) is 2. The topological polar surface area (TPSA) is 86.7 Å². The molecule has 0 aromatic heterocycles. The van der Waals surface area contributed by atoms with Gasteiger partial charge >= 0.3 is 12.1 Å². The van der Waals surface area contributed by atoms with Crippen LogP contribution in [0.15, 0.2) is 42.5 Å². The van der Waals surface area contributed by atoms with Crippen molar-refractivity contribution in [1.82, 2.24) is 10.2 Å². The number of halogens is 3. The highest BCUT2D eigenvalue weighted by Gasteiger charge is 2.32. The molecule has 6 nitrogen and oxygen atoms in total. The molecule has 31 heavy (non-hydrogen) atoms. The van der Waals surface area contributed by atoms with Crippen LogP contribution in [0.3, 0.4) is 0 Å². The van der Waals surface area contributed by atoms with Crippen LogP contribution in [0.4, 0.5) is 13.2 Å². The van der Waals surface area contributed by atoms with Gasteiger partial charge in [-0.2, -0.15) is 13.2 Å². The van der Waals surface area contributed by atoms with Crippen LogP contribution in [0.5, 0.6) is 0 Å². The summed E-state index contributed by atoms with van der Waals surface area (Å²) in [6.45, 7) is 2.08. The van der Waals surface area contributed by atoms with Gasteiger partial charge in [0.25, 0.3) is 5.91 Å². The molecular formula is C22H21F3N2O4. The standard InChI is InChI=1S/C22H21F3N2O4/c1-13-10-15(21(30)31)7-8-17(13)20(29)26-18(12-27-9-3-6-19(27)28)14-4-2-5-16(11-14)22(23,24)25/h2,4-5,7-8,10-11,18H,3,6,9,12H2,1H3,(H,26,29)(H,30,31). The van der Waals surface area contributed by atoms with E-state index in [9.17, 15) is 27.6 Å². The van der Waals surface area contributed by atoms with Gasteiger partial charge in [0.05, 0.1) is 17.2 Å². The fraction of sp³-hybridized carbons (Fsp3) is 0.318. The molecule has 1 heterocycles. The van der Waals surface area contributed by atoms with Crippen LogP contribution in [-0.4, -0.2) is 40.9 Å². The largest absolute Gasteiger partial charge is 0.478 e. The van der Waals surface area contributed by atoms with Crippen molar-refractivity contribution in [1.29, 1.82) is 0 Å². The van der Waals surface area contributed by atoms with Gasteiger partial charge in [-0.15, -0.1) is 0 Å². The number of carbonyl (C=O) groups is 3. The molecule has 2 aromatic rings. The molecule has 0 radical (unpaired) electrons. The van der Waals surface area contributed by atoms with Crippen molar-refractivity contribution in [3.8, 4) is 0 Å². The molecule has 0 bridgehead atoms. The number of aromatic carboxylic acids is 1. The first kappa shape index (κ1) is 22.3.